The molecule has 1 aliphatic heterocycles. The summed E-state index contributed by atoms with van der Waals surface area (Å²) < 4.78 is 45.2. The van der Waals surface area contributed by atoms with Crippen LogP contribution in [0.5, 0.6) is 0 Å². The summed E-state index contributed by atoms with van der Waals surface area (Å²) in [4.78, 5) is 25.2. The molecular weight excluding hydrogens is 479 g/mol. The average molecular weight is 500 g/mol. The van der Waals surface area contributed by atoms with Crippen molar-refractivity contribution < 1.29 is 22.4 Å². The van der Waals surface area contributed by atoms with Gasteiger partial charge in [0.1, 0.15) is 11.5 Å². The van der Waals surface area contributed by atoms with Crippen LogP contribution in [0.3, 0.4) is 0 Å². The molecule has 4 heterocycles. The van der Waals surface area contributed by atoms with Gasteiger partial charge in [-0.2, -0.15) is 18.3 Å². The van der Waals surface area contributed by atoms with E-state index in [2.05, 4.69) is 34.0 Å². The maximum atomic E-state index is 13.2. The Morgan fingerprint density at radius 3 is 2.77 bits per heavy atom. The average Bonchev–Trinajstić information content (AvgIpc) is 3.49. The van der Waals surface area contributed by atoms with Crippen LogP contribution in [0.1, 0.15) is 49.5 Å². The molecule has 0 bridgehead atoms. The topological polar surface area (TPSA) is 99.9 Å². The van der Waals surface area contributed by atoms with Crippen molar-refractivity contribution in [3.05, 3.63) is 53.4 Å². The number of hydrogen-bond donors (Lipinski definition) is 2. The molecule has 1 saturated carbocycles. The van der Waals surface area contributed by atoms with E-state index in [1.165, 1.54) is 17.8 Å². The van der Waals surface area contributed by atoms with Gasteiger partial charge in [-0.15, -0.1) is 0 Å². The van der Waals surface area contributed by atoms with Crippen LogP contribution in [0.2, 0.25) is 0 Å². The van der Waals surface area contributed by atoms with Gasteiger partial charge in [0, 0.05) is 17.7 Å². The van der Waals surface area contributed by atoms with Crippen molar-refractivity contribution in [2.75, 3.05) is 0 Å². The highest BCUT2D eigenvalue weighted by Crippen LogP contribution is 2.49. The quantitative estimate of drug-likeness (QED) is 0.346. The molecule has 2 unspecified atom stereocenters. The van der Waals surface area contributed by atoms with Crippen molar-refractivity contribution in [2.24, 2.45) is 16.3 Å². The number of nitrogens with one attached hydrogen (secondary N) is 2. The molecule has 7 nitrogen and oxygen atoms in total. The molecule has 4 aromatic rings. The van der Waals surface area contributed by atoms with Gasteiger partial charge in [0.05, 0.1) is 34.6 Å². The van der Waals surface area contributed by atoms with Crippen molar-refractivity contribution in [3.8, 4) is 0 Å². The Balaban J connectivity index is 1.31. The summed E-state index contributed by atoms with van der Waals surface area (Å²) in [5.41, 5.74) is 1.46. The van der Waals surface area contributed by atoms with Crippen molar-refractivity contribution >= 4 is 40.1 Å². The number of benzene rings is 1. The Morgan fingerprint density at radius 2 is 1.97 bits per heavy atom. The fourth-order valence-corrected chi connectivity index (χ4v) is 5.80. The zero-order valence-corrected chi connectivity index (χ0v) is 19.5. The van der Waals surface area contributed by atoms with Gasteiger partial charge in [0.25, 0.3) is 0 Å². The zero-order chi connectivity index (χ0) is 24.5. The van der Waals surface area contributed by atoms with E-state index in [-0.39, 0.29) is 17.1 Å². The van der Waals surface area contributed by atoms with Crippen molar-refractivity contribution in [1.29, 1.82) is 0 Å². The molecule has 35 heavy (non-hydrogen) atoms. The number of imidazole rings is 1. The summed E-state index contributed by atoms with van der Waals surface area (Å²) in [5.74, 6) is 0.606. The molecule has 0 amide bonds. The van der Waals surface area contributed by atoms with Crippen LogP contribution >= 0.6 is 11.8 Å². The Morgan fingerprint density at radius 1 is 1.14 bits per heavy atom. The molecule has 180 valence electrons. The lowest BCUT2D eigenvalue weighted by Crippen LogP contribution is -2.42. The number of aliphatic imine (C=N–C) groups is 1. The number of aromatic nitrogens is 4. The highest BCUT2D eigenvalue weighted by atomic mass is 32.2. The number of Topliss-reactive ketones (excluding diaryl/α,β-unsaturated/α-hetero) is 1. The number of H-pyrrole nitrogens is 2. The molecule has 6 rings (SSSR count). The van der Waals surface area contributed by atoms with Crippen LogP contribution in [-0.2, 0) is 11.0 Å². The summed E-state index contributed by atoms with van der Waals surface area (Å²) in [6, 6.07) is 6.99. The summed E-state index contributed by atoms with van der Waals surface area (Å²) in [7, 11) is 0. The van der Waals surface area contributed by atoms with E-state index >= 15 is 0 Å². The lowest BCUT2D eigenvalue weighted by molar-refractivity contribution is -0.137. The Bertz CT molecular complexity index is 1500. The minimum absolute atomic E-state index is 0.125. The minimum Gasteiger partial charge on any atom is -0.454 e. The monoisotopic (exact) mass is 499 g/mol. The van der Waals surface area contributed by atoms with E-state index in [9.17, 15) is 18.0 Å². The second kappa shape index (κ2) is 7.58. The number of furan rings is 1. The number of carbonyl (C=O) groups excluding carboxylic acids is 1. The number of aromatic amines is 2. The third kappa shape index (κ3) is 3.87. The molecule has 2 N–H and O–H groups in total. The molecule has 0 saturated heterocycles. The van der Waals surface area contributed by atoms with E-state index in [0.29, 0.717) is 45.7 Å². The third-order valence-electron chi connectivity index (χ3n) is 6.48. The highest BCUT2D eigenvalue weighted by molar-refractivity contribution is 7.99. The first-order valence-electron chi connectivity index (χ1n) is 11.1. The second-order valence-corrected chi connectivity index (χ2v) is 10.7. The summed E-state index contributed by atoms with van der Waals surface area (Å²) in [6.45, 7) is 4.13. The number of fused-ring (bicyclic) bond motifs is 3. The molecule has 1 aromatic carbocycles. The third-order valence-corrected chi connectivity index (χ3v) is 7.29. The van der Waals surface area contributed by atoms with Crippen LogP contribution in [-0.4, -0.2) is 31.7 Å². The lowest BCUT2D eigenvalue weighted by Gasteiger charge is -2.39. The van der Waals surface area contributed by atoms with E-state index < -0.39 is 17.7 Å². The number of ketones is 1. The van der Waals surface area contributed by atoms with Gasteiger partial charge in [0.15, 0.2) is 16.1 Å². The van der Waals surface area contributed by atoms with Gasteiger partial charge in [-0.3, -0.25) is 9.89 Å². The maximum absolute atomic E-state index is 13.2. The number of halogens is 3. The van der Waals surface area contributed by atoms with E-state index in [0.717, 1.165) is 23.4 Å². The molecule has 2 atom stereocenters. The maximum Gasteiger partial charge on any atom is 0.416 e. The first-order chi connectivity index (χ1) is 16.6. The number of rotatable bonds is 3. The van der Waals surface area contributed by atoms with Crippen molar-refractivity contribution in [1.82, 2.24) is 20.2 Å². The van der Waals surface area contributed by atoms with Gasteiger partial charge in [-0.25, -0.2) is 9.98 Å². The number of alkyl halides is 3. The summed E-state index contributed by atoms with van der Waals surface area (Å²) >= 11 is 1.17. The number of nitrogens with zero attached hydrogens (tertiary/aromatic N) is 3. The van der Waals surface area contributed by atoms with E-state index in [4.69, 9.17) is 9.41 Å². The number of hydrogen-bond acceptors (Lipinski definition) is 6. The second-order valence-electron chi connectivity index (χ2n) is 9.75. The Hall–Kier alpha value is -3.34. The molecule has 11 heteroatoms. The molecule has 3 aromatic heterocycles. The smallest absolute Gasteiger partial charge is 0.416 e. The van der Waals surface area contributed by atoms with Crippen molar-refractivity contribution in [3.63, 3.8) is 0 Å². The fraction of sp³-hybridized carbons (Fsp3) is 0.333. The molecule has 0 spiro atoms. The normalized spacial score (nSPS) is 21.6. The van der Waals surface area contributed by atoms with Gasteiger partial charge in [-0.1, -0.05) is 13.8 Å². The van der Waals surface area contributed by atoms with Crippen molar-refractivity contribution in [2.45, 2.75) is 49.0 Å². The van der Waals surface area contributed by atoms with E-state index in [1.807, 2.05) is 6.07 Å². The minimum atomic E-state index is -4.43. The van der Waals surface area contributed by atoms with Crippen LogP contribution in [0.25, 0.3) is 11.0 Å². The van der Waals surface area contributed by atoms with Crippen LogP contribution in [0.4, 0.5) is 19.0 Å². The van der Waals surface area contributed by atoms with Gasteiger partial charge in [0.2, 0.25) is 0 Å². The first-order valence-corrected chi connectivity index (χ1v) is 11.9. The van der Waals surface area contributed by atoms with Crippen LogP contribution in [0, 0.1) is 11.3 Å². The van der Waals surface area contributed by atoms with Gasteiger partial charge in [-0.05, 0) is 53.9 Å². The predicted octanol–water partition coefficient (Wildman–Crippen LogP) is 6.27. The molecular formula is C24H20F3N5O2S. The molecule has 1 aliphatic carbocycles. The first kappa shape index (κ1) is 22.1. The van der Waals surface area contributed by atoms with E-state index in [1.54, 1.807) is 12.3 Å². The van der Waals surface area contributed by atoms with Crippen LogP contribution in [0.15, 0.2) is 56.2 Å². The molecule has 1 fully saturated rings. The highest BCUT2D eigenvalue weighted by Gasteiger charge is 2.47. The Kier molecular flexibility index (Phi) is 4.79. The summed E-state index contributed by atoms with van der Waals surface area (Å²) in [5, 5.41) is 7.97. The van der Waals surface area contributed by atoms with Gasteiger partial charge < -0.3 is 9.40 Å². The zero-order valence-electron chi connectivity index (χ0n) is 18.7. The van der Waals surface area contributed by atoms with Crippen LogP contribution < -0.4 is 0 Å². The SMILES string of the molecule is CC1(C)CC(=O)C2C(=Nc3[nH]ncc3C2c2ccc(Sc3nc4ccc(C(F)(F)F)cc4[nH]3)o2)C1. The standard InChI is InChI=1S/C24H20F3N5O2S/c1-23(2)8-15-20(16(33)9-23)19(12-10-28-32-21(12)29-15)17-5-6-18(34-17)35-22-30-13-4-3-11(24(25,26)27)7-14(13)31-22/h3-7,10,19-20H,8-9H2,1-2H3,(H,28,32)(H,30,31). The molecule has 0 radical (unpaired) electrons. The largest absolute Gasteiger partial charge is 0.454 e. The fourth-order valence-electron chi connectivity index (χ4n) is 5.03. The lowest BCUT2D eigenvalue weighted by atomic mass is 9.65. The number of carbonyl (C=O) groups is 1. The van der Waals surface area contributed by atoms with Gasteiger partial charge >= 0.3 is 6.18 Å². The summed E-state index contributed by atoms with van der Waals surface area (Å²) in [6.07, 6.45) is -1.58. The molecule has 2 aliphatic rings. The Labute approximate surface area is 201 Å². The predicted molar refractivity (Wildman–Crippen MR) is 123 cm³/mol.